The number of allylic oxidation sites excluding steroid dienone is 3. The summed E-state index contributed by atoms with van der Waals surface area (Å²) in [4.78, 5) is 31.5. The van der Waals surface area contributed by atoms with Crippen LogP contribution in [-0.4, -0.2) is 44.4 Å². The Balaban J connectivity index is 1.16. The first kappa shape index (κ1) is 23.2. The first-order chi connectivity index (χ1) is 18.1. The molecule has 4 aromatic rings. The molecule has 0 radical (unpaired) electrons. The van der Waals surface area contributed by atoms with Crippen LogP contribution in [0.3, 0.4) is 0 Å². The summed E-state index contributed by atoms with van der Waals surface area (Å²) in [5.41, 5.74) is 5.83. The monoisotopic (exact) mass is 491 g/mol. The number of Topliss-reactive ketones (excluding diaryl/α,β-unsaturated/α-hetero) is 1. The highest BCUT2D eigenvalue weighted by Gasteiger charge is 2.20. The quantitative estimate of drug-likeness (QED) is 0.393. The summed E-state index contributed by atoms with van der Waals surface area (Å²) in [7, 11) is 0. The molecule has 1 aliphatic heterocycles. The van der Waals surface area contributed by atoms with Crippen LogP contribution >= 0.6 is 0 Å². The summed E-state index contributed by atoms with van der Waals surface area (Å²) in [6.45, 7) is 3.87. The second-order valence-corrected chi connectivity index (χ2v) is 9.80. The van der Waals surface area contributed by atoms with E-state index in [-0.39, 0.29) is 18.1 Å². The van der Waals surface area contributed by atoms with Crippen LogP contribution in [-0.2, 0) is 17.9 Å². The number of benzene rings is 2. The van der Waals surface area contributed by atoms with Crippen LogP contribution in [0.25, 0.3) is 16.5 Å². The second-order valence-electron chi connectivity index (χ2n) is 9.80. The maximum absolute atomic E-state index is 12.9. The maximum Gasteiger partial charge on any atom is 0.258 e. The zero-order valence-electron chi connectivity index (χ0n) is 20.6. The van der Waals surface area contributed by atoms with E-state index in [1.165, 1.54) is 18.4 Å². The number of hydrogen-bond donors (Lipinski definition) is 2. The topological polar surface area (TPSA) is 83.0 Å². The molecule has 1 amide bonds. The van der Waals surface area contributed by atoms with E-state index in [2.05, 4.69) is 38.5 Å². The first-order valence-corrected chi connectivity index (χ1v) is 12.8. The Labute approximate surface area is 215 Å². The summed E-state index contributed by atoms with van der Waals surface area (Å²) in [6, 6.07) is 18.5. The Kier molecular flexibility index (Phi) is 6.28. The number of H-pyrrole nitrogens is 1. The minimum Gasteiger partial charge on any atom is -0.354 e. The molecule has 1 fully saturated rings. The lowest BCUT2D eigenvalue weighted by atomic mass is 9.98. The molecule has 186 valence electrons. The molecule has 6 rings (SSSR count). The van der Waals surface area contributed by atoms with Gasteiger partial charge in [0.05, 0.1) is 24.0 Å². The first-order valence-electron chi connectivity index (χ1n) is 12.8. The van der Waals surface area contributed by atoms with Crippen molar-refractivity contribution in [1.29, 1.82) is 0 Å². The average Bonchev–Trinajstić information content (AvgIpc) is 3.67. The minimum atomic E-state index is -0.251. The van der Waals surface area contributed by atoms with Gasteiger partial charge in [0.25, 0.3) is 5.91 Å². The third-order valence-electron chi connectivity index (χ3n) is 7.03. The van der Waals surface area contributed by atoms with Gasteiger partial charge in [-0.1, -0.05) is 42.5 Å². The molecule has 0 saturated carbocycles. The predicted octanol–water partition coefficient (Wildman–Crippen LogP) is 4.68. The molecule has 1 saturated heterocycles. The molecule has 0 atom stereocenters. The lowest BCUT2D eigenvalue weighted by Gasteiger charge is -2.14. The summed E-state index contributed by atoms with van der Waals surface area (Å²) < 4.78 is 1.74. The van der Waals surface area contributed by atoms with E-state index in [1.54, 1.807) is 29.2 Å². The van der Waals surface area contributed by atoms with Gasteiger partial charge in [0, 0.05) is 41.3 Å². The highest BCUT2D eigenvalue weighted by molar-refractivity contribution is 6.23. The fourth-order valence-corrected chi connectivity index (χ4v) is 5.09. The van der Waals surface area contributed by atoms with Crippen molar-refractivity contribution in [3.05, 3.63) is 107 Å². The zero-order chi connectivity index (χ0) is 25.2. The number of carbonyl (C=O) groups is 2. The number of nitrogens with one attached hydrogen (secondary N) is 2. The normalized spacial score (nSPS) is 16.2. The van der Waals surface area contributed by atoms with Crippen molar-refractivity contribution in [2.45, 2.75) is 32.4 Å². The Bertz CT molecular complexity index is 1520. The molecule has 0 unspecified atom stereocenters. The Morgan fingerprint density at radius 2 is 1.84 bits per heavy atom. The summed E-state index contributed by atoms with van der Waals surface area (Å²) in [5.74, 6) is -0.226. The highest BCUT2D eigenvalue weighted by Crippen LogP contribution is 2.27. The SMILES string of the molecule is O=C1CC=C(NC(=O)c2cnn(Cc3ccccc3)c2)C=C1c1cc2cc(CN3CCCC3)ccc2[nH]1. The van der Waals surface area contributed by atoms with Crippen LogP contribution in [0, 0.1) is 0 Å². The molecule has 2 aromatic heterocycles. The van der Waals surface area contributed by atoms with Crippen LogP contribution in [0.15, 0.2) is 84.8 Å². The molecular formula is C30H29N5O2. The largest absolute Gasteiger partial charge is 0.354 e. The van der Waals surface area contributed by atoms with E-state index < -0.39 is 0 Å². The number of fused-ring (bicyclic) bond motifs is 1. The summed E-state index contributed by atoms with van der Waals surface area (Å²) in [5, 5.41) is 8.35. The maximum atomic E-state index is 12.9. The molecule has 0 spiro atoms. The molecular weight excluding hydrogens is 462 g/mol. The molecule has 7 heteroatoms. The van der Waals surface area contributed by atoms with Crippen LogP contribution in [0.2, 0.25) is 0 Å². The van der Waals surface area contributed by atoms with Crippen molar-refractivity contribution in [1.82, 2.24) is 25.0 Å². The number of amides is 1. The highest BCUT2D eigenvalue weighted by atomic mass is 16.1. The Morgan fingerprint density at radius 1 is 1.00 bits per heavy atom. The van der Waals surface area contributed by atoms with E-state index in [0.29, 0.717) is 23.4 Å². The number of carbonyl (C=O) groups excluding carboxylic acids is 2. The molecule has 0 bridgehead atoms. The average molecular weight is 492 g/mol. The number of hydrogen-bond acceptors (Lipinski definition) is 4. The van der Waals surface area contributed by atoms with Crippen molar-refractivity contribution >= 4 is 28.2 Å². The molecule has 7 nitrogen and oxygen atoms in total. The van der Waals surface area contributed by atoms with Gasteiger partial charge in [-0.25, -0.2) is 0 Å². The number of aromatic nitrogens is 3. The van der Waals surface area contributed by atoms with Crippen molar-refractivity contribution in [2.24, 2.45) is 0 Å². The molecule has 37 heavy (non-hydrogen) atoms. The number of ketones is 1. The lowest BCUT2D eigenvalue weighted by Crippen LogP contribution is -2.23. The Hall–Kier alpha value is -4.23. The molecule has 2 aliphatic rings. The van der Waals surface area contributed by atoms with Crippen molar-refractivity contribution in [2.75, 3.05) is 13.1 Å². The summed E-state index contributed by atoms with van der Waals surface area (Å²) >= 11 is 0. The van der Waals surface area contributed by atoms with E-state index in [4.69, 9.17) is 0 Å². The number of rotatable bonds is 7. The third kappa shape index (κ3) is 5.17. The van der Waals surface area contributed by atoms with Gasteiger partial charge >= 0.3 is 0 Å². The summed E-state index contributed by atoms with van der Waals surface area (Å²) in [6.07, 6.45) is 9.60. The van der Waals surface area contributed by atoms with Crippen LogP contribution in [0.4, 0.5) is 0 Å². The number of aromatic amines is 1. The Morgan fingerprint density at radius 3 is 2.68 bits per heavy atom. The van der Waals surface area contributed by atoms with Crippen LogP contribution in [0.5, 0.6) is 0 Å². The number of likely N-dealkylation sites (tertiary alicyclic amines) is 1. The minimum absolute atomic E-state index is 0.0255. The van der Waals surface area contributed by atoms with E-state index in [9.17, 15) is 9.59 Å². The van der Waals surface area contributed by atoms with Gasteiger partial charge < -0.3 is 10.3 Å². The van der Waals surface area contributed by atoms with Gasteiger partial charge in [-0.2, -0.15) is 5.10 Å². The van der Waals surface area contributed by atoms with Crippen molar-refractivity contribution in [3.63, 3.8) is 0 Å². The van der Waals surface area contributed by atoms with E-state index >= 15 is 0 Å². The van der Waals surface area contributed by atoms with Crippen molar-refractivity contribution < 1.29 is 9.59 Å². The second kappa shape index (κ2) is 10.0. The molecule has 2 N–H and O–H groups in total. The van der Waals surface area contributed by atoms with Gasteiger partial charge in [-0.05, 0) is 61.3 Å². The molecule has 3 heterocycles. The smallest absolute Gasteiger partial charge is 0.258 e. The van der Waals surface area contributed by atoms with Gasteiger partial charge in [-0.3, -0.25) is 19.2 Å². The fraction of sp³-hybridized carbons (Fsp3) is 0.233. The van der Waals surface area contributed by atoms with Gasteiger partial charge in [0.2, 0.25) is 0 Å². The van der Waals surface area contributed by atoms with E-state index in [1.807, 2.05) is 36.4 Å². The van der Waals surface area contributed by atoms with Crippen molar-refractivity contribution in [3.8, 4) is 0 Å². The van der Waals surface area contributed by atoms with Gasteiger partial charge in [0.15, 0.2) is 5.78 Å². The standard InChI is InChI=1S/C30H29N5O2/c36-29-11-9-25(32-30(37)24-17-31-35(20-24)19-21-6-2-1-3-7-21)16-26(29)28-15-23-14-22(8-10-27(23)33-28)18-34-12-4-5-13-34/h1-3,6-10,14-17,20,33H,4-5,11-13,18-19H2,(H,32,37). The van der Waals surface area contributed by atoms with Gasteiger partial charge in [-0.15, -0.1) is 0 Å². The number of nitrogens with zero attached hydrogens (tertiary/aromatic N) is 3. The van der Waals surface area contributed by atoms with E-state index in [0.717, 1.165) is 41.8 Å². The lowest BCUT2D eigenvalue weighted by molar-refractivity contribution is -0.113. The molecule has 1 aliphatic carbocycles. The predicted molar refractivity (Wildman–Crippen MR) is 144 cm³/mol. The van der Waals surface area contributed by atoms with Crippen LogP contribution in [0.1, 0.15) is 46.4 Å². The fourth-order valence-electron chi connectivity index (χ4n) is 5.09. The van der Waals surface area contributed by atoms with Gasteiger partial charge in [0.1, 0.15) is 0 Å². The van der Waals surface area contributed by atoms with Crippen LogP contribution < -0.4 is 5.32 Å². The zero-order valence-corrected chi connectivity index (χ0v) is 20.6. The molecule has 2 aromatic carbocycles. The third-order valence-corrected chi connectivity index (χ3v) is 7.03.